The van der Waals surface area contributed by atoms with Crippen molar-refractivity contribution in [1.82, 2.24) is 25.3 Å². The van der Waals surface area contributed by atoms with Crippen LogP contribution in [-0.2, 0) is 4.79 Å². The highest BCUT2D eigenvalue weighted by Crippen LogP contribution is 2.41. The van der Waals surface area contributed by atoms with Crippen LogP contribution in [0.3, 0.4) is 0 Å². The highest BCUT2D eigenvalue weighted by Gasteiger charge is 2.45. The van der Waals surface area contributed by atoms with Crippen molar-refractivity contribution in [1.29, 1.82) is 0 Å². The zero-order valence-corrected chi connectivity index (χ0v) is 18.3. The Balaban J connectivity index is 1.64. The van der Waals surface area contributed by atoms with Gasteiger partial charge in [0.1, 0.15) is 0 Å². The normalized spacial score (nSPS) is 25.1. The Morgan fingerprint density at radius 2 is 1.94 bits per heavy atom. The molecular formula is C23H31N5O3. The largest absolute Gasteiger partial charge is 0.356 e. The molecule has 8 heteroatoms. The second-order valence-electron chi connectivity index (χ2n) is 8.93. The van der Waals surface area contributed by atoms with E-state index in [4.69, 9.17) is 4.52 Å². The van der Waals surface area contributed by atoms with Gasteiger partial charge in [-0.25, -0.2) is 0 Å². The predicted octanol–water partition coefficient (Wildman–Crippen LogP) is 3.28. The second kappa shape index (κ2) is 9.58. The Morgan fingerprint density at radius 1 is 1.16 bits per heavy atom. The Morgan fingerprint density at radius 3 is 2.68 bits per heavy atom. The standard InChI is InChI=1S/C23H31N5O3/c1-15(2)20-26-22(31-27-20)17-13-18-19(14-17)28(23(30)16-7-10-24-11-8-16)12-6-4-3-5-9-25-21(18)29/h7-8,10-11,15,17-19H,3-6,9,12-14H2,1-2H3,(H,25,29)/t17-,18-,19+/m1/s1. The molecule has 1 N–H and O–H groups in total. The highest BCUT2D eigenvalue weighted by molar-refractivity contribution is 5.95. The van der Waals surface area contributed by atoms with E-state index >= 15 is 0 Å². The maximum atomic E-state index is 13.4. The minimum Gasteiger partial charge on any atom is -0.356 e. The summed E-state index contributed by atoms with van der Waals surface area (Å²) in [6, 6.07) is 3.28. The zero-order valence-electron chi connectivity index (χ0n) is 18.3. The number of fused-ring (bicyclic) bond motifs is 1. The molecule has 0 unspecified atom stereocenters. The van der Waals surface area contributed by atoms with Crippen molar-refractivity contribution in [2.45, 2.75) is 70.3 Å². The Kier molecular flexibility index (Phi) is 6.63. The zero-order chi connectivity index (χ0) is 21.8. The molecule has 2 fully saturated rings. The van der Waals surface area contributed by atoms with Crippen LogP contribution in [-0.4, -0.2) is 51.0 Å². The monoisotopic (exact) mass is 425 g/mol. The Bertz CT molecular complexity index is 898. The SMILES string of the molecule is CC(C)c1noc([C@@H]2C[C@H]3C(=O)NCCCCCCN(C(=O)c4ccncc4)[C@H]3C2)n1. The van der Waals surface area contributed by atoms with Crippen molar-refractivity contribution in [3.63, 3.8) is 0 Å². The molecular weight excluding hydrogens is 394 g/mol. The lowest BCUT2D eigenvalue weighted by Crippen LogP contribution is -2.47. The van der Waals surface area contributed by atoms with Crippen LogP contribution in [0.1, 0.15) is 86.3 Å². The fourth-order valence-corrected chi connectivity index (χ4v) is 4.67. The maximum Gasteiger partial charge on any atom is 0.254 e. The molecule has 1 saturated heterocycles. The molecule has 8 nitrogen and oxygen atoms in total. The third-order valence-electron chi connectivity index (χ3n) is 6.40. The molecule has 0 spiro atoms. The number of carbonyl (C=O) groups excluding carboxylic acids is 2. The summed E-state index contributed by atoms with van der Waals surface area (Å²) >= 11 is 0. The first-order valence-corrected chi connectivity index (χ1v) is 11.4. The van der Waals surface area contributed by atoms with Gasteiger partial charge >= 0.3 is 0 Å². The van der Waals surface area contributed by atoms with E-state index in [-0.39, 0.29) is 35.6 Å². The van der Waals surface area contributed by atoms with Gasteiger partial charge in [0, 0.05) is 48.9 Å². The summed E-state index contributed by atoms with van der Waals surface area (Å²) in [5.41, 5.74) is 0.604. The fourth-order valence-electron chi connectivity index (χ4n) is 4.67. The molecule has 3 atom stereocenters. The minimum atomic E-state index is -0.289. The highest BCUT2D eigenvalue weighted by atomic mass is 16.5. The van der Waals surface area contributed by atoms with Crippen molar-refractivity contribution in [3.05, 3.63) is 41.8 Å². The number of rotatable bonds is 3. The van der Waals surface area contributed by atoms with Gasteiger partial charge in [-0.1, -0.05) is 31.8 Å². The number of pyridine rings is 1. The molecule has 0 radical (unpaired) electrons. The van der Waals surface area contributed by atoms with Crippen LogP contribution in [0, 0.1) is 5.92 Å². The molecule has 1 saturated carbocycles. The van der Waals surface area contributed by atoms with E-state index in [0.29, 0.717) is 43.2 Å². The smallest absolute Gasteiger partial charge is 0.254 e. The van der Waals surface area contributed by atoms with Gasteiger partial charge in [0.25, 0.3) is 5.91 Å². The number of aromatic nitrogens is 3. The summed E-state index contributed by atoms with van der Waals surface area (Å²) in [6.07, 6.45) is 8.50. The molecule has 0 bridgehead atoms. The lowest BCUT2D eigenvalue weighted by atomic mass is 9.99. The number of nitrogens with one attached hydrogen (secondary N) is 1. The van der Waals surface area contributed by atoms with Crippen LogP contribution in [0.15, 0.2) is 29.0 Å². The summed E-state index contributed by atoms with van der Waals surface area (Å²) < 4.78 is 5.56. The Hall–Kier alpha value is -2.77. The molecule has 1 aliphatic carbocycles. The van der Waals surface area contributed by atoms with E-state index in [0.717, 1.165) is 25.7 Å². The van der Waals surface area contributed by atoms with Gasteiger partial charge < -0.3 is 14.7 Å². The van der Waals surface area contributed by atoms with Crippen LogP contribution in [0.5, 0.6) is 0 Å². The van der Waals surface area contributed by atoms with Gasteiger partial charge in [0.05, 0.1) is 5.92 Å². The van der Waals surface area contributed by atoms with Crippen LogP contribution in [0.25, 0.3) is 0 Å². The molecule has 166 valence electrons. The quantitative estimate of drug-likeness (QED) is 0.810. The van der Waals surface area contributed by atoms with Crippen molar-refractivity contribution in [3.8, 4) is 0 Å². The van der Waals surface area contributed by atoms with Gasteiger partial charge in [-0.3, -0.25) is 14.6 Å². The number of nitrogens with zero attached hydrogens (tertiary/aromatic N) is 4. The Labute approximate surface area is 182 Å². The molecule has 2 aromatic rings. The molecule has 2 aromatic heterocycles. The van der Waals surface area contributed by atoms with E-state index in [2.05, 4.69) is 20.4 Å². The number of hydrogen-bond acceptors (Lipinski definition) is 6. The van der Waals surface area contributed by atoms with E-state index < -0.39 is 0 Å². The first-order valence-electron chi connectivity index (χ1n) is 11.4. The first kappa shape index (κ1) is 21.5. The molecule has 0 aromatic carbocycles. The summed E-state index contributed by atoms with van der Waals surface area (Å²) in [4.78, 5) is 37.1. The maximum absolute atomic E-state index is 13.4. The topological polar surface area (TPSA) is 101 Å². The average molecular weight is 426 g/mol. The molecule has 31 heavy (non-hydrogen) atoms. The van der Waals surface area contributed by atoms with Crippen LogP contribution < -0.4 is 5.32 Å². The van der Waals surface area contributed by atoms with Crippen LogP contribution >= 0.6 is 0 Å². The molecule has 2 amide bonds. The summed E-state index contributed by atoms with van der Waals surface area (Å²) in [7, 11) is 0. The molecule has 2 aliphatic rings. The lowest BCUT2D eigenvalue weighted by Gasteiger charge is -2.32. The van der Waals surface area contributed by atoms with Gasteiger partial charge in [-0.2, -0.15) is 4.98 Å². The number of carbonyl (C=O) groups is 2. The van der Waals surface area contributed by atoms with Crippen molar-refractivity contribution >= 4 is 11.8 Å². The first-order chi connectivity index (χ1) is 15.0. The van der Waals surface area contributed by atoms with E-state index in [1.807, 2.05) is 18.7 Å². The minimum absolute atomic E-state index is 0.0190. The van der Waals surface area contributed by atoms with Gasteiger partial charge in [-0.05, 0) is 37.8 Å². The summed E-state index contributed by atoms with van der Waals surface area (Å²) in [6.45, 7) is 5.37. The number of amides is 2. The van der Waals surface area contributed by atoms with Crippen molar-refractivity contribution in [2.24, 2.45) is 5.92 Å². The van der Waals surface area contributed by atoms with Crippen LogP contribution in [0.4, 0.5) is 0 Å². The second-order valence-corrected chi connectivity index (χ2v) is 8.93. The third kappa shape index (κ3) is 4.78. The van der Waals surface area contributed by atoms with Gasteiger partial charge in [-0.15, -0.1) is 0 Å². The summed E-state index contributed by atoms with van der Waals surface area (Å²) in [5.74, 6) is 1.09. The van der Waals surface area contributed by atoms with E-state index in [1.165, 1.54) is 0 Å². The van der Waals surface area contributed by atoms with Crippen molar-refractivity contribution < 1.29 is 14.1 Å². The van der Waals surface area contributed by atoms with Crippen molar-refractivity contribution in [2.75, 3.05) is 13.1 Å². The molecule has 4 rings (SSSR count). The van der Waals surface area contributed by atoms with Crippen LogP contribution in [0.2, 0.25) is 0 Å². The lowest BCUT2D eigenvalue weighted by molar-refractivity contribution is -0.126. The third-order valence-corrected chi connectivity index (χ3v) is 6.40. The fraction of sp³-hybridized carbons (Fsp3) is 0.609. The van der Waals surface area contributed by atoms with E-state index in [9.17, 15) is 9.59 Å². The van der Waals surface area contributed by atoms with Gasteiger partial charge in [0.2, 0.25) is 11.8 Å². The van der Waals surface area contributed by atoms with Gasteiger partial charge in [0.15, 0.2) is 5.82 Å². The summed E-state index contributed by atoms with van der Waals surface area (Å²) in [5, 5.41) is 7.20. The molecule has 3 heterocycles. The number of hydrogen-bond donors (Lipinski definition) is 1. The average Bonchev–Trinajstić information content (AvgIpc) is 3.43. The van der Waals surface area contributed by atoms with E-state index in [1.54, 1.807) is 24.5 Å². The predicted molar refractivity (Wildman–Crippen MR) is 114 cm³/mol. The molecule has 1 aliphatic heterocycles.